The molecule has 2 aliphatic rings. The molecular weight excluding hydrogens is 374 g/mol. The van der Waals surface area contributed by atoms with Gasteiger partial charge in [-0.1, -0.05) is 17.2 Å². The highest BCUT2D eigenvalue weighted by Crippen LogP contribution is 2.29. The maximum atomic E-state index is 13.2. The van der Waals surface area contributed by atoms with Gasteiger partial charge >= 0.3 is 0 Å². The summed E-state index contributed by atoms with van der Waals surface area (Å²) < 4.78 is 24.9. The van der Waals surface area contributed by atoms with E-state index in [-0.39, 0.29) is 29.5 Å². The van der Waals surface area contributed by atoms with Crippen molar-refractivity contribution in [3.05, 3.63) is 65.0 Å². The van der Waals surface area contributed by atoms with Crippen LogP contribution < -0.4 is 0 Å². The second-order valence-corrected chi connectivity index (χ2v) is 10.1. The van der Waals surface area contributed by atoms with Crippen LogP contribution in [0.15, 0.2) is 42.7 Å². The highest BCUT2D eigenvalue weighted by Gasteiger charge is 2.48. The minimum Gasteiger partial charge on any atom is -0.332 e. The predicted octanol–water partition coefficient (Wildman–Crippen LogP) is 1.82. The molecule has 1 aromatic carbocycles. The fraction of sp³-hybridized carbons (Fsp3) is 0.429. The fourth-order valence-electron chi connectivity index (χ4n) is 4.46. The van der Waals surface area contributed by atoms with Crippen molar-refractivity contribution >= 4 is 15.7 Å². The Morgan fingerprint density at radius 2 is 1.68 bits per heavy atom. The molecule has 0 radical (unpaired) electrons. The summed E-state index contributed by atoms with van der Waals surface area (Å²) in [4.78, 5) is 21.3. The Labute approximate surface area is 166 Å². The number of sulfone groups is 1. The van der Waals surface area contributed by atoms with E-state index in [1.165, 1.54) is 0 Å². The van der Waals surface area contributed by atoms with E-state index in [4.69, 9.17) is 0 Å². The molecule has 2 aromatic rings. The highest BCUT2D eigenvalue weighted by molar-refractivity contribution is 7.91. The molecule has 6 nitrogen and oxygen atoms in total. The van der Waals surface area contributed by atoms with Crippen molar-refractivity contribution in [3.8, 4) is 0 Å². The molecule has 1 amide bonds. The van der Waals surface area contributed by atoms with Gasteiger partial charge in [-0.05, 0) is 43.7 Å². The minimum atomic E-state index is -3.17. The first kappa shape index (κ1) is 19.1. The van der Waals surface area contributed by atoms with Gasteiger partial charge in [0.2, 0.25) is 0 Å². The molecule has 0 spiro atoms. The molecule has 0 N–H and O–H groups in total. The normalized spacial score (nSPS) is 24.1. The fourth-order valence-corrected chi connectivity index (χ4v) is 6.47. The first-order chi connectivity index (χ1) is 13.3. The van der Waals surface area contributed by atoms with Gasteiger partial charge in [-0.2, -0.15) is 0 Å². The smallest absolute Gasteiger partial charge is 0.254 e. The van der Waals surface area contributed by atoms with Crippen LogP contribution in [0.5, 0.6) is 0 Å². The van der Waals surface area contributed by atoms with Crippen LogP contribution in [0.1, 0.15) is 27.0 Å². The van der Waals surface area contributed by atoms with E-state index in [0.29, 0.717) is 25.2 Å². The number of hydrogen-bond acceptors (Lipinski definition) is 5. The molecular formula is C21H25N3O3S. The Hall–Kier alpha value is -2.25. The Balaban J connectivity index is 1.60. The van der Waals surface area contributed by atoms with Crippen molar-refractivity contribution in [2.75, 3.05) is 24.6 Å². The van der Waals surface area contributed by atoms with Crippen molar-refractivity contribution in [2.24, 2.45) is 0 Å². The summed E-state index contributed by atoms with van der Waals surface area (Å²) in [5.74, 6) is 0.0860. The largest absolute Gasteiger partial charge is 0.332 e. The monoisotopic (exact) mass is 399 g/mol. The Morgan fingerprint density at radius 3 is 2.36 bits per heavy atom. The Bertz CT molecular complexity index is 971. The van der Waals surface area contributed by atoms with Gasteiger partial charge in [-0.3, -0.25) is 14.7 Å². The van der Waals surface area contributed by atoms with E-state index in [2.05, 4.69) is 9.88 Å². The Kier molecular flexibility index (Phi) is 4.97. The number of piperazine rings is 1. The summed E-state index contributed by atoms with van der Waals surface area (Å²) in [6.07, 6.45) is 3.50. The van der Waals surface area contributed by atoms with Gasteiger partial charge in [0.05, 0.1) is 17.5 Å². The number of carbonyl (C=O) groups excluding carboxylic acids is 1. The second kappa shape index (κ2) is 7.29. The lowest BCUT2D eigenvalue weighted by Gasteiger charge is -2.44. The molecule has 2 atom stereocenters. The number of nitrogens with zero attached hydrogens (tertiary/aromatic N) is 3. The highest BCUT2D eigenvalue weighted by atomic mass is 32.2. The van der Waals surface area contributed by atoms with Crippen LogP contribution in [0.2, 0.25) is 0 Å². The molecule has 0 aliphatic carbocycles. The van der Waals surface area contributed by atoms with Crippen molar-refractivity contribution in [1.29, 1.82) is 0 Å². The van der Waals surface area contributed by atoms with E-state index < -0.39 is 9.84 Å². The number of hydrogen-bond donors (Lipinski definition) is 0. The molecule has 1 aromatic heterocycles. The lowest BCUT2D eigenvalue weighted by atomic mass is 10.0. The summed E-state index contributed by atoms with van der Waals surface area (Å²) in [5.41, 5.74) is 3.82. The van der Waals surface area contributed by atoms with Crippen molar-refractivity contribution < 1.29 is 13.2 Å². The van der Waals surface area contributed by atoms with E-state index in [9.17, 15) is 13.2 Å². The quantitative estimate of drug-likeness (QED) is 0.787. The molecule has 7 heteroatoms. The van der Waals surface area contributed by atoms with Crippen LogP contribution in [0, 0.1) is 13.8 Å². The maximum absolute atomic E-state index is 13.2. The molecule has 0 saturated carbocycles. The zero-order valence-corrected chi connectivity index (χ0v) is 17.0. The average Bonchev–Trinajstić information content (AvgIpc) is 2.97. The molecule has 0 unspecified atom stereocenters. The molecule has 148 valence electrons. The van der Waals surface area contributed by atoms with Crippen molar-refractivity contribution in [3.63, 3.8) is 0 Å². The van der Waals surface area contributed by atoms with E-state index in [0.717, 1.165) is 16.7 Å². The standard InChI is InChI=1S/C21H25N3O3S/c1-15-9-16(2)11-18(10-15)21(25)24-8-7-23(12-17-3-5-22-6-4-17)19-13-28(26,27)14-20(19)24/h3-6,9-11,19-20H,7-8,12-14H2,1-2H3/t19-,20+/m1/s1. The van der Waals surface area contributed by atoms with E-state index in [1.54, 1.807) is 17.3 Å². The van der Waals surface area contributed by atoms with Crippen molar-refractivity contribution in [2.45, 2.75) is 32.5 Å². The summed E-state index contributed by atoms with van der Waals surface area (Å²) >= 11 is 0. The third-order valence-corrected chi connectivity index (χ3v) is 7.35. The van der Waals surface area contributed by atoms with Gasteiger partial charge < -0.3 is 4.90 Å². The SMILES string of the molecule is Cc1cc(C)cc(C(=O)N2CCN(Cc3ccncc3)[C@@H]3CS(=O)(=O)C[C@@H]32)c1. The molecule has 0 bridgehead atoms. The molecule has 2 aliphatic heterocycles. The number of aryl methyl sites for hydroxylation is 2. The van der Waals surface area contributed by atoms with E-state index >= 15 is 0 Å². The summed E-state index contributed by atoms with van der Waals surface area (Å²) in [6.45, 7) is 5.81. The summed E-state index contributed by atoms with van der Waals surface area (Å²) in [7, 11) is -3.17. The number of amides is 1. The van der Waals surface area contributed by atoms with Crippen LogP contribution in [-0.2, 0) is 16.4 Å². The number of benzene rings is 1. The van der Waals surface area contributed by atoms with Crippen molar-refractivity contribution in [1.82, 2.24) is 14.8 Å². The zero-order chi connectivity index (χ0) is 19.9. The minimum absolute atomic E-state index is 0.0427. The van der Waals surface area contributed by atoms with Crippen LogP contribution in [0.4, 0.5) is 0 Å². The summed E-state index contributed by atoms with van der Waals surface area (Å²) in [6, 6.07) is 9.24. The molecule has 2 saturated heterocycles. The third kappa shape index (κ3) is 3.82. The summed E-state index contributed by atoms with van der Waals surface area (Å²) in [5, 5.41) is 0. The predicted molar refractivity (Wildman–Crippen MR) is 108 cm³/mol. The van der Waals surface area contributed by atoms with Crippen LogP contribution in [0.25, 0.3) is 0 Å². The maximum Gasteiger partial charge on any atom is 0.254 e. The van der Waals surface area contributed by atoms with Crippen LogP contribution in [0.3, 0.4) is 0 Å². The van der Waals surface area contributed by atoms with Gasteiger partial charge in [-0.15, -0.1) is 0 Å². The molecule has 2 fully saturated rings. The topological polar surface area (TPSA) is 70.6 Å². The number of fused-ring (bicyclic) bond motifs is 1. The number of aromatic nitrogens is 1. The first-order valence-corrected chi connectivity index (χ1v) is 11.4. The van der Waals surface area contributed by atoms with Gasteiger partial charge in [0.25, 0.3) is 5.91 Å². The number of carbonyl (C=O) groups is 1. The first-order valence-electron chi connectivity index (χ1n) is 9.55. The van der Waals surface area contributed by atoms with Gasteiger partial charge in [0.15, 0.2) is 9.84 Å². The molecule has 28 heavy (non-hydrogen) atoms. The molecule has 4 rings (SSSR count). The zero-order valence-electron chi connectivity index (χ0n) is 16.2. The number of rotatable bonds is 3. The Morgan fingerprint density at radius 1 is 1.04 bits per heavy atom. The molecule has 3 heterocycles. The van der Waals surface area contributed by atoms with Crippen LogP contribution >= 0.6 is 0 Å². The van der Waals surface area contributed by atoms with E-state index in [1.807, 2.05) is 44.2 Å². The lowest BCUT2D eigenvalue weighted by molar-refractivity contribution is 0.0306. The lowest BCUT2D eigenvalue weighted by Crippen LogP contribution is -2.60. The van der Waals surface area contributed by atoms with Gasteiger partial charge in [-0.25, -0.2) is 8.42 Å². The second-order valence-electron chi connectivity index (χ2n) is 7.91. The third-order valence-electron chi connectivity index (χ3n) is 5.66. The van der Waals surface area contributed by atoms with Gasteiger partial charge in [0, 0.05) is 43.6 Å². The van der Waals surface area contributed by atoms with Gasteiger partial charge in [0.1, 0.15) is 0 Å². The van der Waals surface area contributed by atoms with Crippen LogP contribution in [-0.4, -0.2) is 65.8 Å². The average molecular weight is 400 g/mol. The number of pyridine rings is 1.